The Kier molecular flexibility index (Phi) is 4.84. The number of anilines is 2. The normalized spacial score (nSPS) is 9.82. The second kappa shape index (κ2) is 6.15. The smallest absolute Gasteiger partial charge is 0.316 e. The van der Waals surface area contributed by atoms with E-state index in [9.17, 15) is 4.79 Å². The van der Waals surface area contributed by atoms with Gasteiger partial charge in [-0.25, -0.2) is 9.78 Å². The van der Waals surface area contributed by atoms with Crippen LogP contribution in [-0.2, 0) is 0 Å². The number of rotatable bonds is 4. The van der Waals surface area contributed by atoms with Crippen molar-refractivity contribution in [2.24, 2.45) is 0 Å². The Balaban J connectivity index is 2.33. The van der Waals surface area contributed by atoms with E-state index < -0.39 is 0 Å². The fourth-order valence-electron chi connectivity index (χ4n) is 1.13. The number of aromatic nitrogens is 1. The van der Waals surface area contributed by atoms with Gasteiger partial charge in [-0.3, -0.25) is 0 Å². The molecule has 7 heteroatoms. The van der Waals surface area contributed by atoms with Crippen LogP contribution >= 0.6 is 11.6 Å². The lowest BCUT2D eigenvalue weighted by Crippen LogP contribution is -2.37. The summed E-state index contributed by atoms with van der Waals surface area (Å²) in [6.07, 6.45) is 0. The van der Waals surface area contributed by atoms with E-state index in [0.29, 0.717) is 29.7 Å². The van der Waals surface area contributed by atoms with Crippen molar-refractivity contribution in [1.29, 1.82) is 0 Å². The summed E-state index contributed by atoms with van der Waals surface area (Å²) in [4.78, 5) is 16.7. The summed E-state index contributed by atoms with van der Waals surface area (Å²) in [7, 11) is 3.37. The number of carbonyl (C=O) groups is 1. The molecule has 0 atom stereocenters. The molecule has 0 aliphatic carbocycles. The minimum Gasteiger partial charge on any atom is -0.399 e. The minimum absolute atomic E-state index is 0.134. The number of hydrogen-bond acceptors (Lipinski definition) is 4. The zero-order valence-corrected chi connectivity index (χ0v) is 10.6. The van der Waals surface area contributed by atoms with E-state index in [1.54, 1.807) is 26.2 Å². The zero-order chi connectivity index (χ0) is 12.8. The van der Waals surface area contributed by atoms with Crippen LogP contribution in [-0.4, -0.2) is 43.1 Å². The Morgan fingerprint density at radius 3 is 2.76 bits per heavy atom. The van der Waals surface area contributed by atoms with Crippen molar-refractivity contribution in [2.75, 3.05) is 38.2 Å². The van der Waals surface area contributed by atoms with Crippen LogP contribution in [0, 0.1) is 0 Å². The number of amides is 2. The molecule has 0 aromatic carbocycles. The van der Waals surface area contributed by atoms with Gasteiger partial charge in [-0.1, -0.05) is 11.6 Å². The van der Waals surface area contributed by atoms with Crippen LogP contribution in [0.25, 0.3) is 0 Å². The lowest BCUT2D eigenvalue weighted by molar-refractivity contribution is 0.218. The van der Waals surface area contributed by atoms with Crippen molar-refractivity contribution in [3.8, 4) is 0 Å². The second-order valence-electron chi connectivity index (χ2n) is 3.66. The van der Waals surface area contributed by atoms with Gasteiger partial charge in [-0.15, -0.1) is 0 Å². The van der Waals surface area contributed by atoms with E-state index in [1.807, 2.05) is 0 Å². The molecule has 0 unspecified atom stereocenters. The first-order chi connectivity index (χ1) is 7.99. The minimum atomic E-state index is -0.134. The van der Waals surface area contributed by atoms with Crippen molar-refractivity contribution in [2.45, 2.75) is 0 Å². The molecule has 0 radical (unpaired) electrons. The van der Waals surface area contributed by atoms with Crippen LogP contribution in [0.3, 0.4) is 0 Å². The van der Waals surface area contributed by atoms with E-state index in [0.717, 1.165) is 0 Å². The number of hydrogen-bond donors (Lipinski definition) is 3. The van der Waals surface area contributed by atoms with Gasteiger partial charge in [0, 0.05) is 38.9 Å². The van der Waals surface area contributed by atoms with Crippen LogP contribution in [0.2, 0.25) is 5.15 Å². The third-order valence-electron chi connectivity index (χ3n) is 1.93. The van der Waals surface area contributed by atoms with E-state index >= 15 is 0 Å². The van der Waals surface area contributed by atoms with Crippen molar-refractivity contribution >= 4 is 29.1 Å². The topological polar surface area (TPSA) is 83.3 Å². The number of nitrogens with zero attached hydrogens (tertiary/aromatic N) is 2. The average Bonchev–Trinajstić information content (AvgIpc) is 2.22. The number of nitrogens with one attached hydrogen (secondary N) is 2. The molecule has 1 rings (SSSR count). The van der Waals surface area contributed by atoms with Crippen LogP contribution in [0.5, 0.6) is 0 Å². The Labute approximate surface area is 105 Å². The number of pyridine rings is 1. The molecule has 0 aliphatic heterocycles. The molecule has 1 heterocycles. The summed E-state index contributed by atoms with van der Waals surface area (Å²) >= 11 is 5.75. The lowest BCUT2D eigenvalue weighted by Gasteiger charge is -2.12. The second-order valence-corrected chi connectivity index (χ2v) is 4.05. The summed E-state index contributed by atoms with van der Waals surface area (Å²) in [5, 5.41) is 6.06. The number of carbonyl (C=O) groups excluding carboxylic acids is 1. The van der Waals surface area contributed by atoms with Crippen molar-refractivity contribution in [3.05, 3.63) is 17.3 Å². The molecule has 2 amide bonds. The number of urea groups is 1. The Hall–Kier alpha value is -1.69. The van der Waals surface area contributed by atoms with Crippen LogP contribution in [0.1, 0.15) is 0 Å². The van der Waals surface area contributed by atoms with Gasteiger partial charge in [0.25, 0.3) is 0 Å². The Bertz CT molecular complexity index is 376. The molecule has 0 saturated carbocycles. The van der Waals surface area contributed by atoms with Gasteiger partial charge in [0.05, 0.1) is 0 Å². The summed E-state index contributed by atoms with van der Waals surface area (Å²) in [6.45, 7) is 1.04. The first-order valence-electron chi connectivity index (χ1n) is 5.11. The molecule has 17 heavy (non-hydrogen) atoms. The maximum absolute atomic E-state index is 11.2. The summed E-state index contributed by atoms with van der Waals surface area (Å²) in [6, 6.07) is 3.12. The molecule has 0 fully saturated rings. The summed E-state index contributed by atoms with van der Waals surface area (Å²) in [5.41, 5.74) is 6.16. The molecule has 1 aromatic heterocycles. The first kappa shape index (κ1) is 13.4. The van der Waals surface area contributed by atoms with Gasteiger partial charge in [0.15, 0.2) is 0 Å². The van der Waals surface area contributed by atoms with E-state index in [2.05, 4.69) is 15.6 Å². The van der Waals surface area contributed by atoms with Gasteiger partial charge in [0.1, 0.15) is 11.0 Å². The maximum Gasteiger partial charge on any atom is 0.316 e. The highest BCUT2D eigenvalue weighted by Crippen LogP contribution is 2.15. The third-order valence-corrected chi connectivity index (χ3v) is 2.12. The van der Waals surface area contributed by atoms with Gasteiger partial charge in [-0.05, 0) is 6.07 Å². The zero-order valence-electron chi connectivity index (χ0n) is 9.83. The van der Waals surface area contributed by atoms with Crippen LogP contribution < -0.4 is 16.4 Å². The van der Waals surface area contributed by atoms with Crippen molar-refractivity contribution in [1.82, 2.24) is 15.2 Å². The van der Waals surface area contributed by atoms with Gasteiger partial charge in [-0.2, -0.15) is 0 Å². The molecule has 94 valence electrons. The highest BCUT2D eigenvalue weighted by atomic mass is 35.5. The Morgan fingerprint density at radius 1 is 1.47 bits per heavy atom. The molecular weight excluding hydrogens is 242 g/mol. The Morgan fingerprint density at radius 2 is 2.18 bits per heavy atom. The average molecular weight is 258 g/mol. The maximum atomic E-state index is 11.2. The first-order valence-corrected chi connectivity index (χ1v) is 5.49. The van der Waals surface area contributed by atoms with Crippen LogP contribution in [0.4, 0.5) is 16.3 Å². The van der Waals surface area contributed by atoms with E-state index in [4.69, 9.17) is 17.3 Å². The predicted molar refractivity (Wildman–Crippen MR) is 69.2 cm³/mol. The summed E-state index contributed by atoms with van der Waals surface area (Å²) < 4.78 is 0. The van der Waals surface area contributed by atoms with Gasteiger partial charge in [0.2, 0.25) is 0 Å². The molecule has 0 bridgehead atoms. The number of nitrogens with two attached hydrogens (primary N) is 1. The number of nitrogen functional groups attached to an aromatic ring is 1. The molecule has 6 nitrogen and oxygen atoms in total. The fourth-order valence-corrected chi connectivity index (χ4v) is 1.34. The van der Waals surface area contributed by atoms with Crippen LogP contribution in [0.15, 0.2) is 12.1 Å². The summed E-state index contributed by atoms with van der Waals surface area (Å²) in [5.74, 6) is 0.592. The molecule has 1 aromatic rings. The molecule has 4 N–H and O–H groups in total. The largest absolute Gasteiger partial charge is 0.399 e. The SMILES string of the molecule is CN(C)C(=O)NCCNc1cc(N)cc(Cl)n1. The monoisotopic (exact) mass is 257 g/mol. The van der Waals surface area contributed by atoms with Crippen molar-refractivity contribution < 1.29 is 4.79 Å². The molecular formula is C10H16ClN5O. The lowest BCUT2D eigenvalue weighted by atomic mass is 10.4. The molecule has 0 saturated heterocycles. The highest BCUT2D eigenvalue weighted by molar-refractivity contribution is 6.29. The highest BCUT2D eigenvalue weighted by Gasteiger charge is 2.01. The third kappa shape index (κ3) is 4.78. The van der Waals surface area contributed by atoms with E-state index in [1.165, 1.54) is 4.90 Å². The van der Waals surface area contributed by atoms with Crippen molar-refractivity contribution in [3.63, 3.8) is 0 Å². The quantitative estimate of drug-likeness (QED) is 0.555. The van der Waals surface area contributed by atoms with Gasteiger partial charge >= 0.3 is 6.03 Å². The van der Waals surface area contributed by atoms with Gasteiger partial charge < -0.3 is 21.3 Å². The fraction of sp³-hybridized carbons (Fsp3) is 0.400. The molecule has 0 aliphatic rings. The molecule has 0 spiro atoms. The number of halogens is 1. The standard InChI is InChI=1S/C10H16ClN5O/c1-16(2)10(17)14-4-3-13-9-6-7(12)5-8(11)15-9/h5-6H,3-4H2,1-2H3,(H,14,17)(H3,12,13,15). The predicted octanol–water partition coefficient (Wildman–Crippen LogP) is 1.00. The van der Waals surface area contributed by atoms with E-state index in [-0.39, 0.29) is 6.03 Å².